The van der Waals surface area contributed by atoms with Gasteiger partial charge in [0, 0.05) is 19.2 Å². The third-order valence-electron chi connectivity index (χ3n) is 4.31. The van der Waals surface area contributed by atoms with Gasteiger partial charge in [-0.15, -0.1) is 0 Å². The summed E-state index contributed by atoms with van der Waals surface area (Å²) in [6.07, 6.45) is 0. The standard InChI is InChI=1S/C18H23N3O9/c1-27-17(23)10-20(11-18(24)28-2)14-4-3-13(21(25)26)9-15(14)30-12-16(22)19-5-7-29-8-6-19/h3-4,9H,5-8,10-12H2,1-2H3. The zero-order chi connectivity index (χ0) is 22.1. The lowest BCUT2D eigenvalue weighted by Gasteiger charge is -2.27. The highest BCUT2D eigenvalue weighted by Gasteiger charge is 2.24. The van der Waals surface area contributed by atoms with Crippen molar-refractivity contribution in [3.63, 3.8) is 0 Å². The molecule has 1 aliphatic heterocycles. The molecule has 0 bridgehead atoms. The first-order valence-electron chi connectivity index (χ1n) is 9.01. The van der Waals surface area contributed by atoms with E-state index in [4.69, 9.17) is 9.47 Å². The molecule has 2 rings (SSSR count). The number of morpholine rings is 1. The van der Waals surface area contributed by atoms with Gasteiger partial charge in [-0.25, -0.2) is 0 Å². The predicted octanol–water partition coefficient (Wildman–Crippen LogP) is -0.0152. The van der Waals surface area contributed by atoms with Crippen molar-refractivity contribution in [3.8, 4) is 5.75 Å². The molecule has 1 aromatic rings. The molecule has 0 aromatic heterocycles. The molecule has 1 saturated heterocycles. The molecule has 1 fully saturated rings. The van der Waals surface area contributed by atoms with Crippen LogP contribution in [0, 0.1) is 10.1 Å². The Balaban J connectivity index is 2.28. The van der Waals surface area contributed by atoms with Gasteiger partial charge in [-0.1, -0.05) is 0 Å². The Labute approximate surface area is 172 Å². The van der Waals surface area contributed by atoms with E-state index in [2.05, 4.69) is 9.47 Å². The van der Waals surface area contributed by atoms with Gasteiger partial charge < -0.3 is 28.7 Å². The number of hydrogen-bond donors (Lipinski definition) is 0. The number of carbonyl (C=O) groups excluding carboxylic acids is 3. The number of rotatable bonds is 9. The Morgan fingerprint density at radius 1 is 1.13 bits per heavy atom. The molecule has 164 valence electrons. The Bertz CT molecular complexity index is 775. The molecule has 0 saturated carbocycles. The number of ether oxygens (including phenoxy) is 4. The second-order valence-corrected chi connectivity index (χ2v) is 6.20. The predicted molar refractivity (Wildman–Crippen MR) is 102 cm³/mol. The molecular formula is C18H23N3O9. The van der Waals surface area contributed by atoms with E-state index in [1.165, 1.54) is 31.3 Å². The SMILES string of the molecule is COC(=O)CN(CC(=O)OC)c1ccc([N+](=O)[O-])cc1OCC(=O)N1CCOCC1. The fraction of sp³-hybridized carbons (Fsp3) is 0.500. The number of benzene rings is 1. The maximum absolute atomic E-state index is 12.4. The van der Waals surface area contributed by atoms with Crippen molar-refractivity contribution in [2.24, 2.45) is 0 Å². The van der Waals surface area contributed by atoms with Gasteiger partial charge in [0.05, 0.1) is 44.1 Å². The van der Waals surface area contributed by atoms with E-state index >= 15 is 0 Å². The minimum atomic E-state index is -0.646. The lowest BCUT2D eigenvalue weighted by molar-refractivity contribution is -0.384. The summed E-state index contributed by atoms with van der Waals surface area (Å²) in [6, 6.07) is 3.66. The van der Waals surface area contributed by atoms with E-state index in [0.29, 0.717) is 26.3 Å². The van der Waals surface area contributed by atoms with Crippen molar-refractivity contribution < 1.29 is 38.3 Å². The molecule has 0 unspecified atom stereocenters. The second kappa shape index (κ2) is 11.0. The number of non-ortho nitro benzene ring substituents is 1. The molecule has 1 aromatic carbocycles. The quantitative estimate of drug-likeness (QED) is 0.301. The van der Waals surface area contributed by atoms with E-state index in [0.717, 1.165) is 6.07 Å². The van der Waals surface area contributed by atoms with Gasteiger partial charge in [0.15, 0.2) is 6.61 Å². The zero-order valence-electron chi connectivity index (χ0n) is 16.7. The minimum absolute atomic E-state index is 0.0291. The van der Waals surface area contributed by atoms with Crippen LogP contribution < -0.4 is 9.64 Å². The molecule has 12 heteroatoms. The number of nitrogens with zero attached hydrogens (tertiary/aromatic N) is 3. The van der Waals surface area contributed by atoms with Crippen molar-refractivity contribution in [1.29, 1.82) is 0 Å². The van der Waals surface area contributed by atoms with Gasteiger partial charge in [0.25, 0.3) is 11.6 Å². The van der Waals surface area contributed by atoms with Crippen LogP contribution in [-0.4, -0.2) is 87.9 Å². The molecular weight excluding hydrogens is 402 g/mol. The van der Waals surface area contributed by atoms with Crippen molar-refractivity contribution in [1.82, 2.24) is 4.90 Å². The molecule has 0 spiro atoms. The maximum atomic E-state index is 12.4. The van der Waals surface area contributed by atoms with Gasteiger partial charge >= 0.3 is 11.9 Å². The van der Waals surface area contributed by atoms with Gasteiger partial charge in [0.1, 0.15) is 18.8 Å². The highest BCUT2D eigenvalue weighted by atomic mass is 16.6. The molecule has 30 heavy (non-hydrogen) atoms. The van der Waals surface area contributed by atoms with Crippen LogP contribution in [0.1, 0.15) is 0 Å². The van der Waals surface area contributed by atoms with Gasteiger partial charge in [-0.3, -0.25) is 24.5 Å². The lowest BCUT2D eigenvalue weighted by Crippen LogP contribution is -2.43. The third-order valence-corrected chi connectivity index (χ3v) is 4.31. The first kappa shape index (κ1) is 22.9. The van der Waals surface area contributed by atoms with Crippen LogP contribution in [0.25, 0.3) is 0 Å². The number of hydrogen-bond acceptors (Lipinski definition) is 10. The van der Waals surface area contributed by atoms with Crippen LogP contribution in [0.15, 0.2) is 18.2 Å². The summed E-state index contributed by atoms with van der Waals surface area (Å²) >= 11 is 0. The van der Waals surface area contributed by atoms with Crippen molar-refractivity contribution >= 4 is 29.2 Å². The molecule has 1 aliphatic rings. The average Bonchev–Trinajstić information content (AvgIpc) is 2.76. The summed E-state index contributed by atoms with van der Waals surface area (Å²) in [5.74, 6) is -1.64. The van der Waals surface area contributed by atoms with Crippen LogP contribution in [-0.2, 0) is 28.6 Å². The lowest BCUT2D eigenvalue weighted by atomic mass is 10.2. The number of methoxy groups -OCH3 is 2. The number of anilines is 1. The van der Waals surface area contributed by atoms with Gasteiger partial charge in [-0.2, -0.15) is 0 Å². The van der Waals surface area contributed by atoms with Gasteiger partial charge in [-0.05, 0) is 6.07 Å². The fourth-order valence-corrected chi connectivity index (χ4v) is 2.70. The van der Waals surface area contributed by atoms with Crippen LogP contribution in [0.2, 0.25) is 0 Å². The molecule has 12 nitrogen and oxygen atoms in total. The second-order valence-electron chi connectivity index (χ2n) is 6.20. The van der Waals surface area contributed by atoms with E-state index in [1.54, 1.807) is 4.90 Å². The molecule has 0 atom stereocenters. The van der Waals surface area contributed by atoms with E-state index in [9.17, 15) is 24.5 Å². The topological polar surface area (TPSA) is 138 Å². The highest BCUT2D eigenvalue weighted by molar-refractivity contribution is 5.83. The zero-order valence-corrected chi connectivity index (χ0v) is 16.7. The van der Waals surface area contributed by atoms with Crippen LogP contribution in [0.5, 0.6) is 5.75 Å². The molecule has 0 radical (unpaired) electrons. The Morgan fingerprint density at radius 3 is 2.27 bits per heavy atom. The monoisotopic (exact) mass is 425 g/mol. The van der Waals surface area contributed by atoms with E-state index in [1.807, 2.05) is 0 Å². The number of amides is 1. The molecule has 1 amide bonds. The number of nitro groups is 1. The first-order chi connectivity index (χ1) is 14.3. The maximum Gasteiger partial charge on any atom is 0.325 e. The number of esters is 2. The smallest absolute Gasteiger partial charge is 0.325 e. The van der Waals surface area contributed by atoms with Crippen LogP contribution in [0.3, 0.4) is 0 Å². The molecule has 1 heterocycles. The molecule has 0 N–H and O–H groups in total. The average molecular weight is 425 g/mol. The number of carbonyl (C=O) groups is 3. The summed E-state index contributed by atoms with van der Waals surface area (Å²) in [7, 11) is 2.37. The summed E-state index contributed by atoms with van der Waals surface area (Å²) < 4.78 is 20.1. The first-order valence-corrected chi connectivity index (χ1v) is 9.01. The fourth-order valence-electron chi connectivity index (χ4n) is 2.70. The summed E-state index contributed by atoms with van der Waals surface area (Å²) in [4.78, 5) is 49.3. The van der Waals surface area contributed by atoms with Crippen LogP contribution >= 0.6 is 0 Å². The largest absolute Gasteiger partial charge is 0.481 e. The Hall–Kier alpha value is -3.41. The van der Waals surface area contributed by atoms with Crippen molar-refractivity contribution in [2.45, 2.75) is 0 Å². The normalized spacial score (nSPS) is 13.3. The van der Waals surface area contributed by atoms with E-state index in [-0.39, 0.29) is 42.7 Å². The van der Waals surface area contributed by atoms with Crippen molar-refractivity contribution in [3.05, 3.63) is 28.3 Å². The number of nitro benzene ring substituents is 1. The minimum Gasteiger partial charge on any atom is -0.481 e. The van der Waals surface area contributed by atoms with Crippen molar-refractivity contribution in [2.75, 3.05) is 65.1 Å². The Morgan fingerprint density at radius 2 is 1.73 bits per heavy atom. The molecule has 0 aliphatic carbocycles. The third kappa shape index (κ3) is 6.30. The summed E-state index contributed by atoms with van der Waals surface area (Å²) in [6.45, 7) is 0.619. The van der Waals surface area contributed by atoms with Crippen LogP contribution in [0.4, 0.5) is 11.4 Å². The van der Waals surface area contributed by atoms with E-state index < -0.39 is 16.9 Å². The highest BCUT2D eigenvalue weighted by Crippen LogP contribution is 2.32. The van der Waals surface area contributed by atoms with Gasteiger partial charge in [0.2, 0.25) is 0 Å². The Kier molecular flexibility index (Phi) is 8.35. The summed E-state index contributed by atoms with van der Waals surface area (Å²) in [5, 5.41) is 11.2. The summed E-state index contributed by atoms with van der Waals surface area (Å²) in [5.41, 5.74) is -0.0742.